The van der Waals surface area contributed by atoms with Gasteiger partial charge in [0.15, 0.2) is 9.84 Å². The Balaban J connectivity index is 1.62. The molecule has 3 aliphatic heterocycles. The molecule has 0 radical (unpaired) electrons. The van der Waals surface area contributed by atoms with Crippen LogP contribution in [-0.4, -0.2) is 178 Å². The maximum absolute atomic E-state index is 14.5. The largest absolute Gasteiger partial charge is 0.459 e. The number of carbonyl (C=O) groups is 2. The molecule has 3 aliphatic rings. The van der Waals surface area contributed by atoms with Gasteiger partial charge in [0.05, 0.1) is 71.3 Å². The Kier molecular flexibility index (Phi) is 21.6. The first kappa shape index (κ1) is 60.9. The van der Waals surface area contributed by atoms with Crippen LogP contribution in [0.1, 0.15) is 119 Å². The van der Waals surface area contributed by atoms with Crippen LogP contribution in [0.3, 0.4) is 0 Å². The van der Waals surface area contributed by atoms with Gasteiger partial charge >= 0.3 is 5.97 Å². The fraction of sp³-hybridized carbons (Fsp3) is 0.827. The molecule has 5 N–H and O–H groups in total. The fourth-order valence-corrected chi connectivity index (χ4v) is 12.3. The number of nitrogens with zero attached hydrogens (tertiary/aromatic N) is 1. The summed E-state index contributed by atoms with van der Waals surface area (Å²) >= 11 is 0. The monoisotopic (exact) mass is 1030 g/mol. The van der Waals surface area contributed by atoms with E-state index in [-0.39, 0.29) is 61.0 Å². The van der Waals surface area contributed by atoms with Crippen LogP contribution in [0.25, 0.3) is 0 Å². The molecule has 1 aromatic carbocycles. The summed E-state index contributed by atoms with van der Waals surface area (Å²) in [5.41, 5.74) is -3.32. The molecule has 3 fully saturated rings. The summed E-state index contributed by atoms with van der Waals surface area (Å²) in [7, 11) is 3.02. The summed E-state index contributed by atoms with van der Waals surface area (Å²) in [4.78, 5) is 30.1. The summed E-state index contributed by atoms with van der Waals surface area (Å²) in [6.45, 7) is 17.6. The minimum absolute atomic E-state index is 0.0256. The highest BCUT2D eigenvalue weighted by atomic mass is 32.2. The van der Waals surface area contributed by atoms with Crippen molar-refractivity contribution in [1.82, 2.24) is 10.2 Å². The van der Waals surface area contributed by atoms with Crippen LogP contribution >= 0.6 is 0 Å². The molecule has 3 saturated heterocycles. The number of aliphatic hydroxyl groups excluding tert-OH is 2. The van der Waals surface area contributed by atoms with Crippen molar-refractivity contribution in [2.45, 2.75) is 196 Å². The average Bonchev–Trinajstić information content (AvgIpc) is 3.32. The van der Waals surface area contributed by atoms with Gasteiger partial charge in [-0.2, -0.15) is 0 Å². The molecule has 408 valence electrons. The first-order valence-corrected chi connectivity index (χ1v) is 27.2. The maximum atomic E-state index is 14.5. The van der Waals surface area contributed by atoms with Crippen LogP contribution in [0.5, 0.6) is 0 Å². The number of methoxy groups -OCH3 is 3. The smallest absolute Gasteiger partial charge is 0.309 e. The van der Waals surface area contributed by atoms with E-state index >= 15 is 0 Å². The molecule has 4 rings (SSSR count). The Morgan fingerprint density at radius 2 is 1.58 bits per heavy atom. The number of nitrogens with one attached hydrogen (secondary N) is 2. The fourth-order valence-electron chi connectivity index (χ4n) is 11.7. The first-order valence-electron chi connectivity index (χ1n) is 25.3. The molecule has 0 saturated carbocycles. The number of carbonyl (C=O) groups excluding carboxylic acids is 2. The lowest BCUT2D eigenvalue weighted by atomic mass is 9.67. The Morgan fingerprint density at radius 1 is 0.958 bits per heavy atom. The molecule has 3 heterocycles. The number of aliphatic hydroxyl groups is 3. The molecule has 0 aromatic heterocycles. The van der Waals surface area contributed by atoms with Crippen LogP contribution < -0.4 is 5.32 Å². The first-order chi connectivity index (χ1) is 33.0. The predicted molar refractivity (Wildman–Crippen MR) is 267 cm³/mol. The minimum Gasteiger partial charge on any atom is -0.459 e. The topological polar surface area (TPSA) is 233 Å². The number of cyclic esters (lactones) is 1. The van der Waals surface area contributed by atoms with E-state index in [1.54, 1.807) is 46.9 Å². The van der Waals surface area contributed by atoms with Crippen molar-refractivity contribution in [3.05, 3.63) is 29.8 Å². The van der Waals surface area contributed by atoms with E-state index < -0.39 is 124 Å². The molecule has 1 amide bonds. The number of hydrogen-bond donors (Lipinski definition) is 5. The zero-order chi connectivity index (χ0) is 53.6. The van der Waals surface area contributed by atoms with Gasteiger partial charge in [-0.25, -0.2) is 12.8 Å². The number of esters is 1. The highest BCUT2D eigenvalue weighted by molar-refractivity contribution is 7.90. The number of halogens is 1. The lowest BCUT2D eigenvalue weighted by molar-refractivity contribution is -0.243. The van der Waals surface area contributed by atoms with Gasteiger partial charge < -0.3 is 64.1 Å². The summed E-state index contributed by atoms with van der Waals surface area (Å²) in [6, 6.07) is 4.93. The number of alkyl halides is 1. The van der Waals surface area contributed by atoms with Crippen molar-refractivity contribution in [2.75, 3.05) is 54.5 Å². The highest BCUT2D eigenvalue weighted by Crippen LogP contribution is 2.45. The van der Waals surface area contributed by atoms with Crippen molar-refractivity contribution in [3.8, 4) is 0 Å². The summed E-state index contributed by atoms with van der Waals surface area (Å²) in [6.07, 6.45) is -3.98. The van der Waals surface area contributed by atoms with Gasteiger partial charge in [-0.1, -0.05) is 46.8 Å². The van der Waals surface area contributed by atoms with Crippen LogP contribution in [0, 0.1) is 35.0 Å². The van der Waals surface area contributed by atoms with E-state index in [0.29, 0.717) is 24.9 Å². The second-order valence-electron chi connectivity index (χ2n) is 21.6. The van der Waals surface area contributed by atoms with Crippen LogP contribution in [0.15, 0.2) is 29.2 Å². The third kappa shape index (κ3) is 14.4. The highest BCUT2D eigenvalue weighted by Gasteiger charge is 2.55. The Morgan fingerprint density at radius 3 is 2.13 bits per heavy atom. The number of benzene rings is 1. The van der Waals surface area contributed by atoms with Gasteiger partial charge in [-0.3, -0.25) is 9.59 Å². The lowest BCUT2D eigenvalue weighted by Crippen LogP contribution is -2.61. The second kappa shape index (κ2) is 25.2. The minimum atomic E-state index is -3.44. The summed E-state index contributed by atoms with van der Waals surface area (Å²) in [5, 5.41) is 46.9. The second-order valence-corrected chi connectivity index (χ2v) is 23.7. The molecule has 19 atom stereocenters. The number of sulfone groups is 1. The van der Waals surface area contributed by atoms with Crippen molar-refractivity contribution >= 4 is 27.4 Å². The molecule has 71 heavy (non-hydrogen) atoms. The number of amides is 1. The maximum Gasteiger partial charge on any atom is 0.309 e. The van der Waals surface area contributed by atoms with E-state index in [1.165, 1.54) is 33.3 Å². The normalized spacial score (nSPS) is 39.0. The van der Waals surface area contributed by atoms with Gasteiger partial charge in [0.25, 0.3) is 0 Å². The molecule has 0 spiro atoms. The van der Waals surface area contributed by atoms with Gasteiger partial charge in [-0.15, -0.1) is 0 Å². The molecular weight excluding hydrogens is 942 g/mol. The summed E-state index contributed by atoms with van der Waals surface area (Å²) < 4.78 is 82.8. The van der Waals surface area contributed by atoms with Crippen LogP contribution in [0.2, 0.25) is 0 Å². The van der Waals surface area contributed by atoms with Crippen molar-refractivity contribution in [2.24, 2.45) is 29.6 Å². The van der Waals surface area contributed by atoms with Gasteiger partial charge in [0, 0.05) is 70.6 Å². The lowest BCUT2D eigenvalue weighted by Gasteiger charge is -2.51. The molecule has 0 aliphatic carbocycles. The predicted octanol–water partition coefficient (Wildman–Crippen LogP) is 5.24. The van der Waals surface area contributed by atoms with E-state index in [2.05, 4.69) is 10.2 Å². The summed E-state index contributed by atoms with van der Waals surface area (Å²) in [5.74, 6) is -4.28. The van der Waals surface area contributed by atoms with E-state index in [4.69, 9.17) is 33.2 Å². The Labute approximate surface area is 422 Å². The van der Waals surface area contributed by atoms with E-state index in [0.717, 1.165) is 6.26 Å². The quantitative estimate of drug-likeness (QED) is 0.126. The van der Waals surface area contributed by atoms with Crippen LogP contribution in [-0.2, 0) is 52.6 Å². The van der Waals surface area contributed by atoms with Gasteiger partial charge in [0.1, 0.15) is 30.6 Å². The third-order valence-corrected chi connectivity index (χ3v) is 17.4. The third-order valence-electron chi connectivity index (χ3n) is 16.3. The van der Waals surface area contributed by atoms with E-state index in [1.807, 2.05) is 41.7 Å². The number of ether oxygens (including phenoxy) is 7. The number of rotatable bonds is 17. The Hall–Kier alpha value is -2.69. The molecular formula is C52H88FN3O14S. The van der Waals surface area contributed by atoms with Crippen LogP contribution in [0.4, 0.5) is 4.39 Å². The van der Waals surface area contributed by atoms with Gasteiger partial charge in [-0.05, 0) is 96.9 Å². The van der Waals surface area contributed by atoms with E-state index in [9.17, 15) is 43.1 Å². The Bertz CT molecular complexity index is 2020. The van der Waals surface area contributed by atoms with Crippen molar-refractivity contribution in [3.63, 3.8) is 0 Å². The van der Waals surface area contributed by atoms with Crippen molar-refractivity contribution in [1.29, 1.82) is 5.41 Å². The zero-order valence-corrected chi connectivity index (χ0v) is 45.8. The zero-order valence-electron chi connectivity index (χ0n) is 45.0. The standard InChI is InChI=1S/C52H88FN3O14S/c1-16-41-52(10,61)46(58)33(6)44(54)29(2)25-51(9,66-14)48(31(4)43(32(5)49(60)70-41)40-26-50(8,65-13)47(59)34(7)69-40)67-28-37-24-36(23-30(3)68-37)56(11)22-21-42(57)55-39(27-53)45(64-12)35-17-19-38(20-18-35)71(15,62)63/h17-20,29-34,36-37,39-41,43,45-48,54,58-59,61H,16,21-28H2,1-15H3,(H,55,57)/t29-,30-,31+,32-,33+,34+,36+,37-,39-,40?,41-,43+,45-,46-,47+,48-,50-,51-,52-/m1/s1. The average molecular weight is 1030 g/mol. The SMILES string of the molecule is CC[C@H]1OC(=O)[C@H](C)[C@@H](C2C[C@@](C)(OC)[C@@H](O)[C@H](C)O2)[C@H](C)[C@@H](OC[C@H]2C[C@@H](N(C)CCC(=O)N[C@H](CF)[C@H](OC)c3ccc(S(C)(=O)=O)cc3)C[C@@H](C)O2)[C@](C)(OC)C[C@@H](C)C(=N)[C@H](C)[C@@H](O)[C@]1(C)O. The molecule has 17 nitrogen and oxygen atoms in total. The molecule has 19 heteroatoms. The van der Waals surface area contributed by atoms with Gasteiger partial charge in [0.2, 0.25) is 5.91 Å². The molecule has 1 unspecified atom stereocenters. The number of hydrogen-bond acceptors (Lipinski definition) is 16. The molecule has 0 bridgehead atoms. The van der Waals surface area contributed by atoms with Crippen molar-refractivity contribution < 1.29 is 70.9 Å². The molecule has 1 aromatic rings.